The Balaban J connectivity index is 2.15. The molecular weight excluding hydrogens is 304 g/mol. The van der Waals surface area contributed by atoms with Crippen LogP contribution in [-0.4, -0.2) is 25.5 Å². The summed E-state index contributed by atoms with van der Waals surface area (Å²) >= 11 is 0. The number of benzene rings is 1. The van der Waals surface area contributed by atoms with Crippen LogP contribution in [0.3, 0.4) is 0 Å². The molecule has 1 aromatic carbocycles. The average Bonchev–Trinajstić information content (AvgIpc) is 2.37. The van der Waals surface area contributed by atoms with Gasteiger partial charge in [0.05, 0.1) is 10.8 Å². The van der Waals surface area contributed by atoms with E-state index in [1.165, 1.54) is 0 Å². The molecule has 21 heavy (non-hydrogen) atoms. The second kappa shape index (κ2) is 6.07. The lowest BCUT2D eigenvalue weighted by Crippen LogP contribution is -2.39. The van der Waals surface area contributed by atoms with Crippen LogP contribution < -0.4 is 4.72 Å². The first-order valence-corrected chi connectivity index (χ1v) is 7.97. The highest BCUT2D eigenvalue weighted by atomic mass is 32.2. The van der Waals surface area contributed by atoms with Crippen molar-refractivity contribution >= 4 is 16.0 Å². The molecule has 0 spiro atoms. The molecule has 1 saturated carbocycles. The van der Waals surface area contributed by atoms with Gasteiger partial charge in [-0.05, 0) is 31.4 Å². The molecule has 116 valence electrons. The molecule has 1 aromatic rings. The summed E-state index contributed by atoms with van der Waals surface area (Å²) < 4.78 is 52.7. The van der Waals surface area contributed by atoms with E-state index in [4.69, 9.17) is 5.11 Å². The van der Waals surface area contributed by atoms with Crippen molar-refractivity contribution in [3.8, 4) is 0 Å². The molecule has 1 aliphatic carbocycles. The third-order valence-corrected chi connectivity index (χ3v) is 4.99. The summed E-state index contributed by atoms with van der Waals surface area (Å²) in [6.07, 6.45) is 1.76. The zero-order valence-electron chi connectivity index (χ0n) is 11.1. The van der Waals surface area contributed by atoms with Crippen LogP contribution in [0.5, 0.6) is 0 Å². The van der Waals surface area contributed by atoms with E-state index in [1.54, 1.807) is 0 Å². The van der Waals surface area contributed by atoms with Crippen LogP contribution in [0.1, 0.15) is 25.7 Å². The highest BCUT2D eigenvalue weighted by Gasteiger charge is 2.30. The standard InChI is InChI=1S/C13H15F2NO4S/c14-9-5-10(15)7-12(6-9)21(19,20)16-11-3-1-2-8(4-11)13(17)18/h5-8,11,16H,1-4H2,(H,17,18). The molecular formula is C13H15F2NO4S. The van der Waals surface area contributed by atoms with Crippen molar-refractivity contribution in [2.45, 2.75) is 36.6 Å². The van der Waals surface area contributed by atoms with Crippen LogP contribution in [-0.2, 0) is 14.8 Å². The van der Waals surface area contributed by atoms with Crippen molar-refractivity contribution in [2.75, 3.05) is 0 Å². The number of hydrogen-bond donors (Lipinski definition) is 2. The molecule has 2 rings (SSSR count). The first kappa shape index (κ1) is 15.8. The summed E-state index contributed by atoms with van der Waals surface area (Å²) in [6, 6.07) is 1.49. The summed E-state index contributed by atoms with van der Waals surface area (Å²) in [5.41, 5.74) is 0. The van der Waals surface area contributed by atoms with Crippen LogP contribution in [0.25, 0.3) is 0 Å². The number of rotatable bonds is 4. The number of sulfonamides is 1. The number of carboxylic acids is 1. The number of hydrogen-bond acceptors (Lipinski definition) is 3. The quantitative estimate of drug-likeness (QED) is 0.887. The van der Waals surface area contributed by atoms with Gasteiger partial charge in [0.15, 0.2) is 0 Å². The van der Waals surface area contributed by atoms with Gasteiger partial charge in [-0.15, -0.1) is 0 Å². The molecule has 0 aliphatic heterocycles. The second-order valence-corrected chi connectivity index (χ2v) is 6.84. The summed E-state index contributed by atoms with van der Waals surface area (Å²) in [6.45, 7) is 0. The highest BCUT2D eigenvalue weighted by Crippen LogP contribution is 2.26. The first-order chi connectivity index (χ1) is 9.78. The van der Waals surface area contributed by atoms with Gasteiger partial charge in [-0.3, -0.25) is 4.79 Å². The number of carbonyl (C=O) groups is 1. The lowest BCUT2D eigenvalue weighted by molar-refractivity contribution is -0.143. The fourth-order valence-corrected chi connectivity index (χ4v) is 3.82. The van der Waals surface area contributed by atoms with E-state index >= 15 is 0 Å². The Hall–Kier alpha value is -1.54. The highest BCUT2D eigenvalue weighted by molar-refractivity contribution is 7.89. The smallest absolute Gasteiger partial charge is 0.306 e. The lowest BCUT2D eigenvalue weighted by atomic mass is 9.86. The molecule has 1 aliphatic rings. The predicted molar refractivity (Wildman–Crippen MR) is 70.1 cm³/mol. The van der Waals surface area contributed by atoms with Gasteiger partial charge in [-0.1, -0.05) is 6.42 Å². The van der Waals surface area contributed by atoms with E-state index in [0.29, 0.717) is 25.3 Å². The van der Waals surface area contributed by atoms with Crippen LogP contribution >= 0.6 is 0 Å². The normalized spacial score (nSPS) is 23.0. The molecule has 2 unspecified atom stereocenters. The second-order valence-electron chi connectivity index (χ2n) is 5.13. The maximum Gasteiger partial charge on any atom is 0.306 e. The fourth-order valence-electron chi connectivity index (χ4n) is 2.49. The monoisotopic (exact) mass is 319 g/mol. The Kier molecular flexibility index (Phi) is 4.58. The van der Waals surface area contributed by atoms with Crippen molar-refractivity contribution in [1.82, 2.24) is 4.72 Å². The van der Waals surface area contributed by atoms with Gasteiger partial charge in [-0.25, -0.2) is 21.9 Å². The Labute approximate surface area is 121 Å². The van der Waals surface area contributed by atoms with E-state index in [0.717, 1.165) is 12.1 Å². The van der Waals surface area contributed by atoms with E-state index in [1.807, 2.05) is 0 Å². The molecule has 0 amide bonds. The van der Waals surface area contributed by atoms with E-state index in [2.05, 4.69) is 4.72 Å². The predicted octanol–water partition coefficient (Wildman–Crippen LogP) is 1.89. The summed E-state index contributed by atoms with van der Waals surface area (Å²) in [5.74, 6) is -3.53. The van der Waals surface area contributed by atoms with Crippen LogP contribution in [0.2, 0.25) is 0 Å². The SMILES string of the molecule is O=C(O)C1CCCC(NS(=O)(=O)c2cc(F)cc(F)c2)C1. The molecule has 0 aromatic heterocycles. The minimum absolute atomic E-state index is 0.173. The zero-order chi connectivity index (χ0) is 15.6. The Bertz CT molecular complexity index is 627. The first-order valence-electron chi connectivity index (χ1n) is 6.49. The summed E-state index contributed by atoms with van der Waals surface area (Å²) in [4.78, 5) is 10.4. The molecule has 2 atom stereocenters. The minimum Gasteiger partial charge on any atom is -0.481 e. The topological polar surface area (TPSA) is 83.5 Å². The molecule has 0 saturated heterocycles. The third-order valence-electron chi connectivity index (χ3n) is 3.49. The summed E-state index contributed by atoms with van der Waals surface area (Å²) in [7, 11) is -4.08. The van der Waals surface area contributed by atoms with Gasteiger partial charge in [0, 0.05) is 12.1 Å². The van der Waals surface area contributed by atoms with Crippen LogP contribution in [0, 0.1) is 17.6 Å². The van der Waals surface area contributed by atoms with Gasteiger partial charge in [0.2, 0.25) is 10.0 Å². The molecule has 1 fully saturated rings. The Morgan fingerprint density at radius 3 is 2.38 bits per heavy atom. The van der Waals surface area contributed by atoms with Gasteiger partial charge in [0.1, 0.15) is 11.6 Å². The third kappa shape index (κ3) is 3.98. The van der Waals surface area contributed by atoms with Gasteiger partial charge in [-0.2, -0.15) is 0 Å². The average molecular weight is 319 g/mol. The summed E-state index contributed by atoms with van der Waals surface area (Å²) in [5, 5.41) is 8.97. The molecule has 5 nitrogen and oxygen atoms in total. The van der Waals surface area contributed by atoms with Crippen LogP contribution in [0.4, 0.5) is 8.78 Å². The number of halogens is 2. The number of aliphatic carboxylic acids is 1. The molecule has 8 heteroatoms. The zero-order valence-corrected chi connectivity index (χ0v) is 11.9. The van der Waals surface area contributed by atoms with Gasteiger partial charge in [0.25, 0.3) is 0 Å². The van der Waals surface area contributed by atoms with Gasteiger partial charge >= 0.3 is 5.97 Å². The lowest BCUT2D eigenvalue weighted by Gasteiger charge is -2.27. The van der Waals surface area contributed by atoms with E-state index in [-0.39, 0.29) is 6.42 Å². The Morgan fingerprint density at radius 2 is 1.81 bits per heavy atom. The maximum absolute atomic E-state index is 13.1. The van der Waals surface area contributed by atoms with Crippen molar-refractivity contribution in [1.29, 1.82) is 0 Å². The van der Waals surface area contributed by atoms with E-state index < -0.39 is 44.5 Å². The van der Waals surface area contributed by atoms with Gasteiger partial charge < -0.3 is 5.11 Å². The molecule has 2 N–H and O–H groups in total. The van der Waals surface area contributed by atoms with Crippen LogP contribution in [0.15, 0.2) is 23.1 Å². The van der Waals surface area contributed by atoms with E-state index in [9.17, 15) is 22.0 Å². The van der Waals surface area contributed by atoms with Crippen molar-refractivity contribution in [3.63, 3.8) is 0 Å². The molecule has 0 radical (unpaired) electrons. The maximum atomic E-state index is 13.1. The minimum atomic E-state index is -4.08. The largest absolute Gasteiger partial charge is 0.481 e. The van der Waals surface area contributed by atoms with Crippen molar-refractivity contribution in [3.05, 3.63) is 29.8 Å². The Morgan fingerprint density at radius 1 is 1.19 bits per heavy atom. The molecule has 0 bridgehead atoms. The molecule has 0 heterocycles. The number of carboxylic acid groups (broad SMARTS) is 1. The number of nitrogens with one attached hydrogen (secondary N) is 1. The van der Waals surface area contributed by atoms with Crippen molar-refractivity contribution in [2.24, 2.45) is 5.92 Å². The van der Waals surface area contributed by atoms with Crippen molar-refractivity contribution < 1.29 is 27.1 Å². The fraction of sp³-hybridized carbons (Fsp3) is 0.462.